The number of carboxylic acid groups (broad SMARTS) is 1. The van der Waals surface area contributed by atoms with Crippen LogP contribution in [0.1, 0.15) is 32.6 Å². The first-order valence-corrected chi connectivity index (χ1v) is 6.93. The molecular weight excluding hydrogens is 248 g/mol. The van der Waals surface area contributed by atoms with Crippen LogP contribution in [-0.4, -0.2) is 58.8 Å². The van der Waals surface area contributed by atoms with Gasteiger partial charge < -0.3 is 20.4 Å². The van der Waals surface area contributed by atoms with Crippen LogP contribution in [0.3, 0.4) is 0 Å². The van der Waals surface area contributed by atoms with Gasteiger partial charge >= 0.3 is 5.97 Å². The molecule has 3 atom stereocenters. The number of nitrogens with zero attached hydrogens (tertiary/aromatic N) is 1. The highest BCUT2D eigenvalue weighted by Crippen LogP contribution is 2.35. The lowest BCUT2D eigenvalue weighted by atomic mass is 9.81. The number of amides is 1. The van der Waals surface area contributed by atoms with Crippen molar-refractivity contribution in [3.05, 3.63) is 0 Å². The van der Waals surface area contributed by atoms with Crippen LogP contribution in [0, 0.1) is 5.41 Å². The first-order chi connectivity index (χ1) is 9.00. The molecule has 1 unspecified atom stereocenters. The minimum absolute atomic E-state index is 0.108. The number of rotatable bonds is 4. The van der Waals surface area contributed by atoms with E-state index in [9.17, 15) is 19.8 Å². The Morgan fingerprint density at radius 1 is 1.47 bits per heavy atom. The van der Waals surface area contributed by atoms with Crippen molar-refractivity contribution in [1.29, 1.82) is 0 Å². The molecule has 6 heteroatoms. The minimum Gasteiger partial charge on any atom is -0.480 e. The molecule has 0 spiro atoms. The van der Waals surface area contributed by atoms with E-state index in [0.29, 0.717) is 6.54 Å². The van der Waals surface area contributed by atoms with Gasteiger partial charge in [-0.05, 0) is 19.4 Å². The Morgan fingerprint density at radius 3 is 2.74 bits per heavy atom. The van der Waals surface area contributed by atoms with Gasteiger partial charge in [0, 0.05) is 19.5 Å². The lowest BCUT2D eigenvalue weighted by Gasteiger charge is -2.33. The molecule has 0 aromatic carbocycles. The molecule has 19 heavy (non-hydrogen) atoms. The zero-order chi connectivity index (χ0) is 14.0. The Labute approximate surface area is 112 Å². The number of carbonyl (C=O) groups excluding carboxylic acids is 1. The molecule has 2 aliphatic rings. The summed E-state index contributed by atoms with van der Waals surface area (Å²) in [5, 5.41) is 22.0. The van der Waals surface area contributed by atoms with Crippen molar-refractivity contribution in [3.8, 4) is 0 Å². The zero-order valence-corrected chi connectivity index (χ0v) is 11.3. The summed E-state index contributed by atoms with van der Waals surface area (Å²) in [7, 11) is 0. The lowest BCUT2D eigenvalue weighted by Crippen LogP contribution is -2.49. The molecule has 1 amide bonds. The number of likely N-dealkylation sites (tertiary alicyclic amines) is 1. The van der Waals surface area contributed by atoms with E-state index in [1.165, 1.54) is 4.90 Å². The largest absolute Gasteiger partial charge is 0.480 e. The first kappa shape index (κ1) is 14.3. The molecule has 108 valence electrons. The number of nitrogens with one attached hydrogen (secondary N) is 1. The summed E-state index contributed by atoms with van der Waals surface area (Å²) in [5.41, 5.74) is -0.480. The number of β-amino-alcohol motifs (C(OH)–C–C–N with tert-alkyl or cyclic N) is 1. The van der Waals surface area contributed by atoms with Crippen molar-refractivity contribution in [2.24, 2.45) is 5.41 Å². The third kappa shape index (κ3) is 2.60. The van der Waals surface area contributed by atoms with Gasteiger partial charge in [-0.3, -0.25) is 4.79 Å². The van der Waals surface area contributed by atoms with E-state index < -0.39 is 23.5 Å². The van der Waals surface area contributed by atoms with Crippen LogP contribution in [0.5, 0.6) is 0 Å². The number of aliphatic carboxylic acids is 1. The van der Waals surface area contributed by atoms with E-state index in [-0.39, 0.29) is 18.9 Å². The summed E-state index contributed by atoms with van der Waals surface area (Å²) in [6.07, 6.45) is 1.81. The Bertz CT molecular complexity index is 366. The molecule has 2 heterocycles. The van der Waals surface area contributed by atoms with Crippen LogP contribution in [0.4, 0.5) is 0 Å². The molecule has 0 aliphatic carbocycles. The van der Waals surface area contributed by atoms with Gasteiger partial charge in [-0.15, -0.1) is 0 Å². The van der Waals surface area contributed by atoms with Crippen molar-refractivity contribution in [2.45, 2.75) is 44.8 Å². The molecule has 2 aliphatic heterocycles. The van der Waals surface area contributed by atoms with Crippen molar-refractivity contribution >= 4 is 11.9 Å². The number of aliphatic hydroxyl groups is 1. The van der Waals surface area contributed by atoms with Crippen LogP contribution < -0.4 is 5.32 Å². The van der Waals surface area contributed by atoms with Crippen molar-refractivity contribution in [1.82, 2.24) is 10.2 Å². The van der Waals surface area contributed by atoms with Gasteiger partial charge in [0.15, 0.2) is 0 Å². The van der Waals surface area contributed by atoms with Gasteiger partial charge in [0.25, 0.3) is 0 Å². The molecule has 3 N–H and O–H groups in total. The summed E-state index contributed by atoms with van der Waals surface area (Å²) < 4.78 is 0. The number of carboxylic acids is 1. The summed E-state index contributed by atoms with van der Waals surface area (Å²) in [4.78, 5) is 25.3. The SMILES string of the molecule is CCCC1(C(=O)N2C[C@H](O)C[C@@H]2C(=O)O)CCNC1. The Morgan fingerprint density at radius 2 is 2.21 bits per heavy atom. The molecule has 2 saturated heterocycles. The van der Waals surface area contributed by atoms with Gasteiger partial charge in [0.1, 0.15) is 6.04 Å². The normalized spacial score (nSPS) is 34.7. The van der Waals surface area contributed by atoms with Gasteiger partial charge in [-0.1, -0.05) is 13.3 Å². The van der Waals surface area contributed by atoms with E-state index in [2.05, 4.69) is 5.32 Å². The zero-order valence-electron chi connectivity index (χ0n) is 11.3. The van der Waals surface area contributed by atoms with Crippen LogP contribution in [0.15, 0.2) is 0 Å². The second-order valence-electron chi connectivity index (χ2n) is 5.66. The standard InChI is InChI=1S/C13H22N2O4/c1-2-3-13(4-5-14-8-13)12(19)15-7-9(16)6-10(15)11(17)18/h9-10,14,16H,2-8H2,1H3,(H,17,18)/t9-,10-,13?/m1/s1. The van der Waals surface area contributed by atoms with E-state index in [1.807, 2.05) is 6.92 Å². The van der Waals surface area contributed by atoms with E-state index >= 15 is 0 Å². The summed E-state index contributed by atoms with van der Waals surface area (Å²) in [5.74, 6) is -1.13. The van der Waals surface area contributed by atoms with E-state index in [0.717, 1.165) is 25.8 Å². The van der Waals surface area contributed by atoms with Crippen LogP contribution >= 0.6 is 0 Å². The quantitative estimate of drug-likeness (QED) is 0.659. The lowest BCUT2D eigenvalue weighted by molar-refractivity contribution is -0.153. The summed E-state index contributed by atoms with van der Waals surface area (Å²) in [6, 6.07) is -0.878. The van der Waals surface area contributed by atoms with Crippen LogP contribution in [0.25, 0.3) is 0 Å². The molecular formula is C13H22N2O4. The van der Waals surface area contributed by atoms with Gasteiger partial charge in [-0.25, -0.2) is 4.79 Å². The van der Waals surface area contributed by atoms with Gasteiger partial charge in [0.2, 0.25) is 5.91 Å². The van der Waals surface area contributed by atoms with Gasteiger partial charge in [0.05, 0.1) is 11.5 Å². The Hall–Kier alpha value is -1.14. The van der Waals surface area contributed by atoms with E-state index in [4.69, 9.17) is 0 Å². The molecule has 6 nitrogen and oxygen atoms in total. The molecule has 2 fully saturated rings. The first-order valence-electron chi connectivity index (χ1n) is 6.93. The van der Waals surface area contributed by atoms with Crippen molar-refractivity contribution in [2.75, 3.05) is 19.6 Å². The van der Waals surface area contributed by atoms with Crippen molar-refractivity contribution < 1.29 is 19.8 Å². The fraction of sp³-hybridized carbons (Fsp3) is 0.846. The number of hydrogen-bond acceptors (Lipinski definition) is 4. The molecule has 0 bridgehead atoms. The Kier molecular flexibility index (Phi) is 4.10. The average molecular weight is 270 g/mol. The number of hydrogen-bond donors (Lipinski definition) is 3. The summed E-state index contributed by atoms with van der Waals surface area (Å²) in [6.45, 7) is 3.57. The highest BCUT2D eigenvalue weighted by Gasteiger charge is 2.48. The highest BCUT2D eigenvalue weighted by molar-refractivity contribution is 5.88. The van der Waals surface area contributed by atoms with Crippen LogP contribution in [0.2, 0.25) is 0 Å². The third-order valence-corrected chi connectivity index (χ3v) is 4.25. The maximum Gasteiger partial charge on any atom is 0.326 e. The fourth-order valence-corrected chi connectivity index (χ4v) is 3.30. The monoisotopic (exact) mass is 270 g/mol. The number of carbonyl (C=O) groups is 2. The average Bonchev–Trinajstić information content (AvgIpc) is 2.96. The molecule has 2 rings (SSSR count). The van der Waals surface area contributed by atoms with E-state index in [1.54, 1.807) is 0 Å². The maximum atomic E-state index is 12.7. The highest BCUT2D eigenvalue weighted by atomic mass is 16.4. The molecule has 0 aromatic heterocycles. The topological polar surface area (TPSA) is 89.9 Å². The molecule has 0 aromatic rings. The summed E-state index contributed by atoms with van der Waals surface area (Å²) >= 11 is 0. The molecule has 0 radical (unpaired) electrons. The smallest absolute Gasteiger partial charge is 0.326 e. The van der Waals surface area contributed by atoms with Crippen LogP contribution in [-0.2, 0) is 9.59 Å². The predicted octanol–water partition coefficient (Wildman–Crippen LogP) is -0.187. The predicted molar refractivity (Wildman–Crippen MR) is 68.6 cm³/mol. The number of aliphatic hydroxyl groups excluding tert-OH is 1. The fourth-order valence-electron chi connectivity index (χ4n) is 3.30. The second-order valence-corrected chi connectivity index (χ2v) is 5.66. The minimum atomic E-state index is -1.03. The third-order valence-electron chi connectivity index (χ3n) is 4.25. The second kappa shape index (κ2) is 5.46. The molecule has 0 saturated carbocycles. The Balaban J connectivity index is 2.19. The van der Waals surface area contributed by atoms with Gasteiger partial charge in [-0.2, -0.15) is 0 Å². The van der Waals surface area contributed by atoms with Crippen molar-refractivity contribution in [3.63, 3.8) is 0 Å². The maximum absolute atomic E-state index is 12.7.